The van der Waals surface area contributed by atoms with Gasteiger partial charge in [-0.15, -0.1) is 0 Å². The van der Waals surface area contributed by atoms with Crippen molar-refractivity contribution in [2.45, 2.75) is 13.0 Å². The molecule has 1 saturated heterocycles. The number of hydrogen-bond acceptors (Lipinski definition) is 6. The summed E-state index contributed by atoms with van der Waals surface area (Å²) in [5.41, 5.74) is 1.34. The summed E-state index contributed by atoms with van der Waals surface area (Å²) in [6, 6.07) is -0.264. The Labute approximate surface area is 109 Å². The van der Waals surface area contributed by atoms with Crippen molar-refractivity contribution in [3.8, 4) is 0 Å². The van der Waals surface area contributed by atoms with Crippen molar-refractivity contribution in [3.63, 3.8) is 0 Å². The molecule has 19 heavy (non-hydrogen) atoms. The number of rotatable bonds is 2. The van der Waals surface area contributed by atoms with Crippen molar-refractivity contribution < 1.29 is 4.79 Å². The first-order chi connectivity index (χ1) is 9.20. The lowest BCUT2D eigenvalue weighted by molar-refractivity contribution is -0.122. The number of fused-ring (bicyclic) bond motifs is 1. The number of anilines is 2. The van der Waals surface area contributed by atoms with E-state index in [1.165, 1.54) is 0 Å². The zero-order valence-corrected chi connectivity index (χ0v) is 10.8. The second kappa shape index (κ2) is 4.38. The Bertz CT molecular complexity index is 623. The van der Waals surface area contributed by atoms with Crippen LogP contribution < -0.4 is 15.5 Å². The number of hydrogen-bond donors (Lipinski definition) is 3. The largest absolute Gasteiger partial charge is 0.357 e. The minimum absolute atomic E-state index is 0.00327. The van der Waals surface area contributed by atoms with Crippen LogP contribution in [0.3, 0.4) is 0 Å². The van der Waals surface area contributed by atoms with Crippen molar-refractivity contribution in [2.75, 3.05) is 30.4 Å². The maximum absolute atomic E-state index is 11.8. The van der Waals surface area contributed by atoms with Gasteiger partial charge in [-0.2, -0.15) is 9.97 Å². The van der Waals surface area contributed by atoms with E-state index in [2.05, 4.69) is 30.6 Å². The van der Waals surface area contributed by atoms with Crippen molar-refractivity contribution in [1.82, 2.24) is 25.3 Å². The van der Waals surface area contributed by atoms with Crippen LogP contribution in [0, 0.1) is 0 Å². The van der Waals surface area contributed by atoms with Gasteiger partial charge < -0.3 is 20.5 Å². The first-order valence-electron chi connectivity index (χ1n) is 6.14. The van der Waals surface area contributed by atoms with E-state index in [9.17, 15) is 4.79 Å². The summed E-state index contributed by atoms with van der Waals surface area (Å²) in [5.74, 6) is 1.20. The van der Waals surface area contributed by atoms with Crippen LogP contribution in [0.15, 0.2) is 6.33 Å². The minimum atomic E-state index is -0.264. The third-order valence-electron chi connectivity index (χ3n) is 3.26. The van der Waals surface area contributed by atoms with Gasteiger partial charge in [0.25, 0.3) is 0 Å². The Hall–Kier alpha value is -2.38. The van der Waals surface area contributed by atoms with Gasteiger partial charge in [-0.1, -0.05) is 0 Å². The molecule has 0 aliphatic carbocycles. The number of H-pyrrole nitrogens is 1. The highest BCUT2D eigenvalue weighted by molar-refractivity contribution is 5.91. The summed E-state index contributed by atoms with van der Waals surface area (Å²) in [6.45, 7) is 3.18. The SMILES string of the molecule is CNc1nc(N2CCNC(=O)C2C)c2[nH]cnc2n1. The molecule has 0 bridgehead atoms. The number of amides is 1. The van der Waals surface area contributed by atoms with Crippen LogP contribution in [-0.2, 0) is 4.79 Å². The Morgan fingerprint density at radius 1 is 1.47 bits per heavy atom. The first kappa shape index (κ1) is 11.7. The molecule has 8 nitrogen and oxygen atoms in total. The molecule has 0 radical (unpaired) electrons. The van der Waals surface area contributed by atoms with Gasteiger partial charge in [0, 0.05) is 20.1 Å². The number of carbonyl (C=O) groups excluding carboxylic acids is 1. The molecule has 1 fully saturated rings. The van der Waals surface area contributed by atoms with E-state index in [4.69, 9.17) is 0 Å². The smallest absolute Gasteiger partial charge is 0.242 e. The first-order valence-corrected chi connectivity index (χ1v) is 6.14. The molecular weight excluding hydrogens is 246 g/mol. The maximum Gasteiger partial charge on any atom is 0.242 e. The molecule has 1 aliphatic heterocycles. The summed E-state index contributed by atoms with van der Waals surface area (Å²) in [7, 11) is 1.75. The lowest BCUT2D eigenvalue weighted by Gasteiger charge is -2.33. The van der Waals surface area contributed by atoms with Crippen LogP contribution in [0.2, 0.25) is 0 Å². The van der Waals surface area contributed by atoms with Crippen LogP contribution in [0.5, 0.6) is 0 Å². The molecular formula is C11H15N7O. The maximum atomic E-state index is 11.8. The predicted molar refractivity (Wildman–Crippen MR) is 71.0 cm³/mol. The second-order valence-corrected chi connectivity index (χ2v) is 4.38. The van der Waals surface area contributed by atoms with Crippen LogP contribution in [-0.4, -0.2) is 52.0 Å². The standard InChI is InChI=1S/C11H15N7O/c1-6-10(19)13-3-4-18(6)9-7-8(15-5-14-7)16-11(12-2)17-9/h5-6H,3-4H2,1-2H3,(H,13,19)(H2,12,14,15,16,17). The predicted octanol–water partition coefficient (Wildman–Crippen LogP) is -0.281. The van der Waals surface area contributed by atoms with Gasteiger partial charge >= 0.3 is 0 Å². The van der Waals surface area contributed by atoms with Gasteiger partial charge in [0.15, 0.2) is 11.5 Å². The average Bonchev–Trinajstić information content (AvgIpc) is 2.89. The van der Waals surface area contributed by atoms with E-state index in [1.807, 2.05) is 11.8 Å². The number of piperazine rings is 1. The topological polar surface area (TPSA) is 98.8 Å². The van der Waals surface area contributed by atoms with E-state index in [0.29, 0.717) is 30.5 Å². The van der Waals surface area contributed by atoms with Crippen molar-refractivity contribution in [3.05, 3.63) is 6.33 Å². The fraction of sp³-hybridized carbons (Fsp3) is 0.455. The second-order valence-electron chi connectivity index (χ2n) is 4.38. The Balaban J connectivity index is 2.12. The Morgan fingerprint density at radius 2 is 2.32 bits per heavy atom. The lowest BCUT2D eigenvalue weighted by Crippen LogP contribution is -2.54. The minimum Gasteiger partial charge on any atom is -0.357 e. The van der Waals surface area contributed by atoms with E-state index in [1.54, 1.807) is 13.4 Å². The Kier molecular flexibility index (Phi) is 2.69. The van der Waals surface area contributed by atoms with Gasteiger partial charge in [-0.25, -0.2) is 4.98 Å². The van der Waals surface area contributed by atoms with Crippen molar-refractivity contribution in [1.29, 1.82) is 0 Å². The number of nitrogens with one attached hydrogen (secondary N) is 3. The normalized spacial score (nSPS) is 19.6. The molecule has 1 aliphatic rings. The third-order valence-corrected chi connectivity index (χ3v) is 3.26. The van der Waals surface area contributed by atoms with E-state index in [0.717, 1.165) is 5.52 Å². The van der Waals surface area contributed by atoms with Crippen LogP contribution in [0.4, 0.5) is 11.8 Å². The van der Waals surface area contributed by atoms with Crippen LogP contribution in [0.25, 0.3) is 11.2 Å². The fourth-order valence-corrected chi connectivity index (χ4v) is 2.21. The van der Waals surface area contributed by atoms with Gasteiger partial charge in [0.05, 0.1) is 6.33 Å². The number of aromatic amines is 1. The van der Waals surface area contributed by atoms with E-state index in [-0.39, 0.29) is 11.9 Å². The molecule has 2 aromatic rings. The Morgan fingerprint density at radius 3 is 3.11 bits per heavy atom. The lowest BCUT2D eigenvalue weighted by atomic mass is 10.2. The number of imidazole rings is 1. The quantitative estimate of drug-likeness (QED) is 0.687. The summed E-state index contributed by atoms with van der Waals surface area (Å²) in [4.78, 5) is 29.6. The van der Waals surface area contributed by atoms with Gasteiger partial charge in [0.1, 0.15) is 11.6 Å². The molecule has 1 amide bonds. The molecule has 3 N–H and O–H groups in total. The molecule has 1 unspecified atom stereocenters. The summed E-state index contributed by atoms with van der Waals surface area (Å²) < 4.78 is 0. The molecule has 3 rings (SSSR count). The molecule has 0 saturated carbocycles. The monoisotopic (exact) mass is 261 g/mol. The molecule has 1 atom stereocenters. The molecule has 2 aromatic heterocycles. The summed E-state index contributed by atoms with van der Waals surface area (Å²) >= 11 is 0. The van der Waals surface area contributed by atoms with Crippen LogP contribution >= 0.6 is 0 Å². The van der Waals surface area contributed by atoms with Gasteiger partial charge in [0.2, 0.25) is 11.9 Å². The van der Waals surface area contributed by atoms with Gasteiger partial charge in [-0.3, -0.25) is 4.79 Å². The van der Waals surface area contributed by atoms with Crippen molar-refractivity contribution >= 4 is 28.8 Å². The number of nitrogens with zero attached hydrogens (tertiary/aromatic N) is 4. The fourth-order valence-electron chi connectivity index (χ4n) is 2.21. The number of carbonyl (C=O) groups is 1. The van der Waals surface area contributed by atoms with Crippen molar-refractivity contribution in [2.24, 2.45) is 0 Å². The zero-order valence-electron chi connectivity index (χ0n) is 10.8. The molecule has 0 spiro atoms. The van der Waals surface area contributed by atoms with Gasteiger partial charge in [-0.05, 0) is 6.92 Å². The summed E-state index contributed by atoms with van der Waals surface area (Å²) in [6.07, 6.45) is 1.58. The van der Waals surface area contributed by atoms with E-state index >= 15 is 0 Å². The molecule has 100 valence electrons. The summed E-state index contributed by atoms with van der Waals surface area (Å²) in [5, 5.41) is 5.75. The molecule has 3 heterocycles. The van der Waals surface area contributed by atoms with Crippen LogP contribution in [0.1, 0.15) is 6.92 Å². The number of aromatic nitrogens is 4. The highest BCUT2D eigenvalue weighted by atomic mass is 16.2. The highest BCUT2D eigenvalue weighted by Crippen LogP contribution is 2.25. The zero-order chi connectivity index (χ0) is 13.4. The average molecular weight is 261 g/mol. The molecule has 0 aromatic carbocycles. The third kappa shape index (κ3) is 1.85. The highest BCUT2D eigenvalue weighted by Gasteiger charge is 2.28. The molecule has 8 heteroatoms. The van der Waals surface area contributed by atoms with E-state index < -0.39 is 0 Å².